The molecule has 1 aliphatic rings. The van der Waals surface area contributed by atoms with Crippen molar-refractivity contribution in [2.24, 2.45) is 0 Å². The topological polar surface area (TPSA) is 158 Å². The Morgan fingerprint density at radius 2 is 2.03 bits per heavy atom. The number of aliphatic hydroxyl groups excluding tert-OH is 2. The predicted octanol–water partition coefficient (Wildman–Crippen LogP) is -0.0413. The molecule has 3 heterocycles. The van der Waals surface area contributed by atoms with Crippen LogP contribution in [-0.4, -0.2) is 66.9 Å². The first-order chi connectivity index (χ1) is 14.0. The molecular weight excluding hydrogens is 382 g/mol. The first-order valence-corrected chi connectivity index (χ1v) is 8.88. The van der Waals surface area contributed by atoms with Crippen molar-refractivity contribution in [1.82, 2.24) is 19.5 Å². The van der Waals surface area contributed by atoms with Gasteiger partial charge in [0, 0.05) is 0 Å². The van der Waals surface area contributed by atoms with Crippen LogP contribution >= 0.6 is 0 Å². The molecular formula is C18H21N5O6. The van der Waals surface area contributed by atoms with Crippen LogP contribution in [-0.2, 0) is 16.1 Å². The van der Waals surface area contributed by atoms with Gasteiger partial charge in [-0.05, 0) is 17.7 Å². The van der Waals surface area contributed by atoms with Crippen LogP contribution < -0.4 is 10.5 Å². The Balaban J connectivity index is 1.42. The van der Waals surface area contributed by atoms with Crippen LogP contribution in [0, 0.1) is 0 Å². The molecule has 0 aliphatic carbocycles. The Bertz CT molecular complexity index is 1010. The summed E-state index contributed by atoms with van der Waals surface area (Å²) in [4.78, 5) is 12.1. The number of ether oxygens (including phenoxy) is 3. The van der Waals surface area contributed by atoms with E-state index in [-0.39, 0.29) is 24.8 Å². The average Bonchev–Trinajstić information content (AvgIpc) is 3.25. The van der Waals surface area contributed by atoms with Gasteiger partial charge in [0.05, 0.1) is 26.7 Å². The number of rotatable bonds is 6. The molecule has 11 nitrogen and oxygen atoms in total. The van der Waals surface area contributed by atoms with E-state index in [0.717, 1.165) is 5.56 Å². The van der Waals surface area contributed by atoms with E-state index in [2.05, 4.69) is 15.0 Å². The number of phenols is 1. The number of benzene rings is 1. The lowest BCUT2D eigenvalue weighted by Crippen LogP contribution is -2.33. The van der Waals surface area contributed by atoms with E-state index in [1.165, 1.54) is 30.4 Å². The number of anilines is 1. The van der Waals surface area contributed by atoms with E-state index >= 15 is 0 Å². The number of nitrogens with two attached hydrogens (primary N) is 1. The second-order valence-electron chi connectivity index (χ2n) is 6.65. The third-order valence-electron chi connectivity index (χ3n) is 4.79. The highest BCUT2D eigenvalue weighted by Gasteiger charge is 2.44. The number of fused-ring (bicyclic) bond motifs is 1. The Hall–Kier alpha value is -2.99. The van der Waals surface area contributed by atoms with E-state index < -0.39 is 24.5 Å². The Kier molecular flexibility index (Phi) is 5.20. The maximum absolute atomic E-state index is 10.4. The fraction of sp³-hybridized carbons (Fsp3) is 0.389. The second-order valence-corrected chi connectivity index (χ2v) is 6.65. The number of nitrogens with zero attached hydrogens (tertiary/aromatic N) is 4. The summed E-state index contributed by atoms with van der Waals surface area (Å²) in [5.74, 6) is 0.588. The number of aliphatic hydroxyl groups is 2. The monoisotopic (exact) mass is 403 g/mol. The lowest BCUT2D eigenvalue weighted by atomic mass is 10.1. The zero-order chi connectivity index (χ0) is 20.5. The predicted molar refractivity (Wildman–Crippen MR) is 100.0 cm³/mol. The lowest BCUT2D eigenvalue weighted by molar-refractivity contribution is -0.0682. The van der Waals surface area contributed by atoms with E-state index in [4.69, 9.17) is 19.9 Å². The van der Waals surface area contributed by atoms with Crippen LogP contribution in [0.2, 0.25) is 0 Å². The number of aromatic hydroxyl groups is 1. The molecule has 0 unspecified atom stereocenters. The Labute approximate surface area is 165 Å². The first-order valence-electron chi connectivity index (χ1n) is 8.88. The van der Waals surface area contributed by atoms with Gasteiger partial charge in [0.15, 0.2) is 29.2 Å². The van der Waals surface area contributed by atoms with Crippen LogP contribution in [0.1, 0.15) is 11.8 Å². The largest absolute Gasteiger partial charge is 0.504 e. The number of phenolic OH excluding ortho intramolecular Hbond substituents is 1. The van der Waals surface area contributed by atoms with E-state index in [1.807, 2.05) is 0 Å². The summed E-state index contributed by atoms with van der Waals surface area (Å²) < 4.78 is 17.9. The molecule has 1 fully saturated rings. The summed E-state index contributed by atoms with van der Waals surface area (Å²) in [6.45, 7) is 0.216. The smallest absolute Gasteiger partial charge is 0.167 e. The minimum Gasteiger partial charge on any atom is -0.504 e. The summed E-state index contributed by atoms with van der Waals surface area (Å²) in [5, 5.41) is 30.6. The van der Waals surface area contributed by atoms with Gasteiger partial charge in [-0.25, -0.2) is 15.0 Å². The van der Waals surface area contributed by atoms with Gasteiger partial charge in [-0.2, -0.15) is 0 Å². The summed E-state index contributed by atoms with van der Waals surface area (Å²) in [5.41, 5.74) is 7.28. The van der Waals surface area contributed by atoms with Crippen molar-refractivity contribution >= 4 is 17.0 Å². The van der Waals surface area contributed by atoms with Gasteiger partial charge in [0.1, 0.15) is 30.2 Å². The van der Waals surface area contributed by atoms with Crippen molar-refractivity contribution in [3.8, 4) is 11.5 Å². The molecule has 29 heavy (non-hydrogen) atoms. The maximum Gasteiger partial charge on any atom is 0.167 e. The molecule has 11 heteroatoms. The number of nitrogen functional groups attached to an aromatic ring is 1. The molecule has 0 radical (unpaired) electrons. The van der Waals surface area contributed by atoms with E-state index in [1.54, 1.807) is 12.1 Å². The molecule has 0 amide bonds. The third-order valence-corrected chi connectivity index (χ3v) is 4.79. The number of imidazole rings is 1. The lowest BCUT2D eigenvalue weighted by Gasteiger charge is -2.16. The molecule has 3 aromatic rings. The van der Waals surface area contributed by atoms with Crippen LogP contribution in [0.4, 0.5) is 5.82 Å². The molecule has 1 aliphatic heterocycles. The van der Waals surface area contributed by atoms with Gasteiger partial charge in [-0.15, -0.1) is 0 Å². The summed E-state index contributed by atoms with van der Waals surface area (Å²) >= 11 is 0. The highest BCUT2D eigenvalue weighted by atomic mass is 16.6. The average molecular weight is 403 g/mol. The van der Waals surface area contributed by atoms with Crippen LogP contribution in [0.5, 0.6) is 11.5 Å². The quantitative estimate of drug-likeness (QED) is 0.440. The van der Waals surface area contributed by atoms with Gasteiger partial charge < -0.3 is 35.3 Å². The SMILES string of the molecule is COc1ccc(COC[C@H]2O[C@@H](n3cnc4c(N)ncnc43)[C@H](O)[C@@H]2O)cc1O. The van der Waals surface area contributed by atoms with Gasteiger partial charge in [-0.3, -0.25) is 4.57 Å². The van der Waals surface area contributed by atoms with Crippen molar-refractivity contribution in [1.29, 1.82) is 0 Å². The maximum atomic E-state index is 10.4. The third kappa shape index (κ3) is 3.56. The van der Waals surface area contributed by atoms with Crippen LogP contribution in [0.25, 0.3) is 11.2 Å². The Morgan fingerprint density at radius 1 is 1.21 bits per heavy atom. The first kappa shape index (κ1) is 19.3. The van der Waals surface area contributed by atoms with E-state index in [0.29, 0.717) is 16.9 Å². The van der Waals surface area contributed by atoms with Crippen molar-refractivity contribution in [3.63, 3.8) is 0 Å². The minimum atomic E-state index is -1.21. The standard InChI is InChI=1S/C18H21N5O6/c1-27-11-3-2-9(4-10(11)24)5-28-6-12-14(25)15(26)18(29-12)23-8-22-13-16(19)20-7-21-17(13)23/h2-4,7-8,12,14-15,18,24-26H,5-6H2,1H3,(H2,19,20,21)/t12-,14-,15-,18-/m1/s1. The summed E-state index contributed by atoms with van der Waals surface area (Å²) in [6, 6.07) is 4.92. The van der Waals surface area contributed by atoms with Crippen molar-refractivity contribution in [2.75, 3.05) is 19.5 Å². The zero-order valence-electron chi connectivity index (χ0n) is 15.5. The van der Waals surface area contributed by atoms with Crippen LogP contribution in [0.3, 0.4) is 0 Å². The number of hydrogen-bond donors (Lipinski definition) is 4. The molecule has 0 bridgehead atoms. The molecule has 5 N–H and O–H groups in total. The summed E-state index contributed by atoms with van der Waals surface area (Å²) in [6.07, 6.45) is -1.32. The molecule has 2 aromatic heterocycles. The number of aromatic nitrogens is 4. The van der Waals surface area contributed by atoms with Gasteiger partial charge in [0.25, 0.3) is 0 Å². The fourth-order valence-electron chi connectivity index (χ4n) is 3.27. The van der Waals surface area contributed by atoms with Gasteiger partial charge >= 0.3 is 0 Å². The van der Waals surface area contributed by atoms with Crippen LogP contribution in [0.15, 0.2) is 30.9 Å². The molecule has 4 atom stereocenters. The van der Waals surface area contributed by atoms with Gasteiger partial charge in [-0.1, -0.05) is 6.07 Å². The molecule has 4 rings (SSSR count). The highest BCUT2D eigenvalue weighted by molar-refractivity contribution is 5.81. The summed E-state index contributed by atoms with van der Waals surface area (Å²) in [7, 11) is 1.47. The second kappa shape index (κ2) is 7.79. The van der Waals surface area contributed by atoms with Crippen molar-refractivity contribution in [3.05, 3.63) is 36.4 Å². The minimum absolute atomic E-state index is 0.00878. The van der Waals surface area contributed by atoms with Gasteiger partial charge in [0.2, 0.25) is 0 Å². The Morgan fingerprint density at radius 3 is 2.79 bits per heavy atom. The van der Waals surface area contributed by atoms with E-state index in [9.17, 15) is 15.3 Å². The molecule has 0 spiro atoms. The number of hydrogen-bond acceptors (Lipinski definition) is 10. The number of methoxy groups -OCH3 is 1. The van der Waals surface area contributed by atoms with Crippen molar-refractivity contribution in [2.45, 2.75) is 31.1 Å². The van der Waals surface area contributed by atoms with Crippen molar-refractivity contribution < 1.29 is 29.5 Å². The molecule has 1 aromatic carbocycles. The molecule has 0 saturated carbocycles. The molecule has 154 valence electrons. The zero-order valence-corrected chi connectivity index (χ0v) is 15.5. The normalized spacial score (nSPS) is 24.2. The molecule has 1 saturated heterocycles. The highest BCUT2D eigenvalue weighted by Crippen LogP contribution is 2.32. The fourth-order valence-corrected chi connectivity index (χ4v) is 3.27.